The topological polar surface area (TPSA) is 67.9 Å². The average molecular weight is 396 g/mol. The Morgan fingerprint density at radius 2 is 1.86 bits per heavy atom. The van der Waals surface area contributed by atoms with Crippen LogP contribution in [-0.4, -0.2) is 30.6 Å². The summed E-state index contributed by atoms with van der Waals surface area (Å²) in [5.74, 6) is 1.29. The number of benzene rings is 2. The van der Waals surface area contributed by atoms with Gasteiger partial charge in [-0.3, -0.25) is 9.59 Å². The van der Waals surface area contributed by atoms with Gasteiger partial charge in [0.05, 0.1) is 18.3 Å². The lowest BCUT2D eigenvalue weighted by atomic mass is 10.1. The molecule has 0 unspecified atom stereocenters. The molecule has 0 bridgehead atoms. The molecule has 2 aromatic carbocycles. The molecule has 0 aromatic heterocycles. The SMILES string of the molecule is CC(C)Oc1ccc(CNC(=O)CCC(=O)N2C[C@@H](C)Oc3ccccc32)cc1. The number of nitrogens with zero attached hydrogens (tertiary/aromatic N) is 1. The van der Waals surface area contributed by atoms with E-state index in [9.17, 15) is 9.59 Å². The molecule has 2 amide bonds. The molecular weight excluding hydrogens is 368 g/mol. The van der Waals surface area contributed by atoms with Gasteiger partial charge in [0.15, 0.2) is 0 Å². The lowest BCUT2D eigenvalue weighted by molar-refractivity contribution is -0.125. The summed E-state index contributed by atoms with van der Waals surface area (Å²) < 4.78 is 11.4. The quantitative estimate of drug-likeness (QED) is 0.775. The molecule has 1 heterocycles. The summed E-state index contributed by atoms with van der Waals surface area (Å²) in [6.07, 6.45) is 0.361. The third-order valence-corrected chi connectivity index (χ3v) is 4.58. The summed E-state index contributed by atoms with van der Waals surface area (Å²) in [5.41, 5.74) is 1.75. The monoisotopic (exact) mass is 396 g/mol. The Bertz CT molecular complexity index is 848. The van der Waals surface area contributed by atoms with E-state index in [1.165, 1.54) is 0 Å². The van der Waals surface area contributed by atoms with Crippen molar-refractivity contribution in [1.29, 1.82) is 0 Å². The van der Waals surface area contributed by atoms with Gasteiger partial charge in [-0.05, 0) is 50.6 Å². The maximum absolute atomic E-state index is 12.7. The van der Waals surface area contributed by atoms with Crippen LogP contribution in [0.2, 0.25) is 0 Å². The predicted octanol–water partition coefficient (Wildman–Crippen LogP) is 3.68. The van der Waals surface area contributed by atoms with Crippen molar-refractivity contribution in [3.05, 3.63) is 54.1 Å². The zero-order valence-electron chi connectivity index (χ0n) is 17.2. The lowest BCUT2D eigenvalue weighted by Crippen LogP contribution is -2.42. The molecule has 6 nitrogen and oxygen atoms in total. The van der Waals surface area contributed by atoms with Gasteiger partial charge in [-0.2, -0.15) is 0 Å². The third-order valence-electron chi connectivity index (χ3n) is 4.58. The van der Waals surface area contributed by atoms with Gasteiger partial charge in [0, 0.05) is 19.4 Å². The maximum Gasteiger partial charge on any atom is 0.227 e. The molecule has 2 aromatic rings. The van der Waals surface area contributed by atoms with E-state index >= 15 is 0 Å². The number of fused-ring (bicyclic) bond motifs is 1. The van der Waals surface area contributed by atoms with E-state index in [1.54, 1.807) is 4.90 Å². The highest BCUT2D eigenvalue weighted by Crippen LogP contribution is 2.33. The van der Waals surface area contributed by atoms with E-state index in [2.05, 4.69) is 5.32 Å². The van der Waals surface area contributed by atoms with Crippen LogP contribution in [0.15, 0.2) is 48.5 Å². The number of ether oxygens (including phenoxy) is 2. The van der Waals surface area contributed by atoms with E-state index in [0.29, 0.717) is 18.8 Å². The fourth-order valence-corrected chi connectivity index (χ4v) is 3.23. The van der Waals surface area contributed by atoms with Gasteiger partial charge in [0.2, 0.25) is 11.8 Å². The van der Waals surface area contributed by atoms with Gasteiger partial charge in [-0.25, -0.2) is 0 Å². The molecule has 154 valence electrons. The summed E-state index contributed by atoms with van der Waals surface area (Å²) in [4.78, 5) is 26.6. The first-order valence-corrected chi connectivity index (χ1v) is 10.0. The maximum atomic E-state index is 12.7. The Kier molecular flexibility index (Phi) is 6.75. The summed E-state index contributed by atoms with van der Waals surface area (Å²) in [6.45, 7) is 6.80. The number of para-hydroxylation sites is 2. The number of rotatable bonds is 7. The van der Waals surface area contributed by atoms with Gasteiger partial charge in [0.1, 0.15) is 17.6 Å². The van der Waals surface area contributed by atoms with E-state index in [4.69, 9.17) is 9.47 Å². The zero-order valence-corrected chi connectivity index (χ0v) is 17.2. The predicted molar refractivity (Wildman–Crippen MR) is 112 cm³/mol. The summed E-state index contributed by atoms with van der Waals surface area (Å²) in [5, 5.41) is 2.87. The number of amides is 2. The van der Waals surface area contributed by atoms with E-state index in [1.807, 2.05) is 69.3 Å². The third kappa shape index (κ3) is 5.73. The van der Waals surface area contributed by atoms with Crippen LogP contribution in [0, 0.1) is 0 Å². The molecule has 0 fully saturated rings. The van der Waals surface area contributed by atoms with Crippen LogP contribution in [-0.2, 0) is 16.1 Å². The van der Waals surface area contributed by atoms with Crippen LogP contribution >= 0.6 is 0 Å². The minimum atomic E-state index is -0.143. The Hall–Kier alpha value is -3.02. The van der Waals surface area contributed by atoms with Gasteiger partial charge >= 0.3 is 0 Å². The van der Waals surface area contributed by atoms with Crippen LogP contribution in [0.5, 0.6) is 11.5 Å². The highest BCUT2D eigenvalue weighted by molar-refractivity contribution is 5.97. The fraction of sp³-hybridized carbons (Fsp3) is 0.391. The van der Waals surface area contributed by atoms with E-state index in [0.717, 1.165) is 17.0 Å². The van der Waals surface area contributed by atoms with Crippen molar-refractivity contribution in [3.8, 4) is 11.5 Å². The molecule has 0 aliphatic carbocycles. The second-order valence-corrected chi connectivity index (χ2v) is 7.49. The highest BCUT2D eigenvalue weighted by Gasteiger charge is 2.27. The van der Waals surface area contributed by atoms with Crippen LogP contribution in [0.4, 0.5) is 5.69 Å². The first-order valence-electron chi connectivity index (χ1n) is 10.0. The van der Waals surface area contributed by atoms with Crippen LogP contribution < -0.4 is 19.7 Å². The molecule has 0 saturated carbocycles. The zero-order chi connectivity index (χ0) is 20.8. The van der Waals surface area contributed by atoms with Crippen LogP contribution in [0.3, 0.4) is 0 Å². The van der Waals surface area contributed by atoms with Crippen molar-refractivity contribution >= 4 is 17.5 Å². The molecule has 0 radical (unpaired) electrons. The van der Waals surface area contributed by atoms with Crippen LogP contribution in [0.1, 0.15) is 39.2 Å². The van der Waals surface area contributed by atoms with Gasteiger partial charge in [0.25, 0.3) is 0 Å². The summed E-state index contributed by atoms with van der Waals surface area (Å²) in [7, 11) is 0. The number of nitrogens with one attached hydrogen (secondary N) is 1. The Morgan fingerprint density at radius 1 is 1.14 bits per heavy atom. The lowest BCUT2D eigenvalue weighted by Gasteiger charge is -2.33. The molecular formula is C23H28N2O4. The summed E-state index contributed by atoms with van der Waals surface area (Å²) >= 11 is 0. The van der Waals surface area contributed by atoms with E-state index < -0.39 is 0 Å². The number of carbonyl (C=O) groups excluding carboxylic acids is 2. The first kappa shape index (κ1) is 20.7. The molecule has 0 saturated heterocycles. The first-order chi connectivity index (χ1) is 13.9. The summed E-state index contributed by atoms with van der Waals surface area (Å²) in [6, 6.07) is 15.1. The van der Waals surface area contributed by atoms with Crippen molar-refractivity contribution < 1.29 is 19.1 Å². The second kappa shape index (κ2) is 9.45. The van der Waals surface area contributed by atoms with E-state index in [-0.39, 0.29) is 36.9 Å². The van der Waals surface area contributed by atoms with Gasteiger partial charge in [-0.1, -0.05) is 24.3 Å². The highest BCUT2D eigenvalue weighted by atomic mass is 16.5. The smallest absolute Gasteiger partial charge is 0.227 e. The standard InChI is InChI=1S/C23H28N2O4/c1-16(2)28-19-10-8-18(9-11-19)14-24-22(26)12-13-23(27)25-15-17(3)29-21-7-5-4-6-20(21)25/h4-11,16-17H,12-15H2,1-3H3,(H,24,26)/t17-/m1/s1. The van der Waals surface area contributed by atoms with Crippen molar-refractivity contribution in [2.24, 2.45) is 0 Å². The molecule has 1 N–H and O–H groups in total. The Labute approximate surface area is 171 Å². The van der Waals surface area contributed by atoms with Gasteiger partial charge < -0.3 is 19.7 Å². The fourth-order valence-electron chi connectivity index (χ4n) is 3.23. The van der Waals surface area contributed by atoms with Crippen molar-refractivity contribution in [1.82, 2.24) is 5.32 Å². The van der Waals surface area contributed by atoms with Gasteiger partial charge in [-0.15, -0.1) is 0 Å². The minimum Gasteiger partial charge on any atom is -0.491 e. The van der Waals surface area contributed by atoms with Crippen molar-refractivity contribution in [2.45, 2.75) is 52.4 Å². The molecule has 0 spiro atoms. The Balaban J connectivity index is 1.48. The molecule has 1 atom stereocenters. The van der Waals surface area contributed by atoms with Crippen molar-refractivity contribution in [3.63, 3.8) is 0 Å². The average Bonchev–Trinajstić information content (AvgIpc) is 2.70. The largest absolute Gasteiger partial charge is 0.491 e. The second-order valence-electron chi connectivity index (χ2n) is 7.49. The minimum absolute atomic E-state index is 0.0714. The number of carbonyl (C=O) groups is 2. The molecule has 1 aliphatic rings. The number of hydrogen-bond acceptors (Lipinski definition) is 4. The van der Waals surface area contributed by atoms with Crippen LogP contribution in [0.25, 0.3) is 0 Å². The number of hydrogen-bond donors (Lipinski definition) is 1. The molecule has 6 heteroatoms. The Morgan fingerprint density at radius 3 is 2.59 bits per heavy atom. The number of anilines is 1. The normalized spacial score (nSPS) is 15.4. The molecule has 29 heavy (non-hydrogen) atoms. The molecule has 1 aliphatic heterocycles. The van der Waals surface area contributed by atoms with Crippen molar-refractivity contribution in [2.75, 3.05) is 11.4 Å². The molecule has 3 rings (SSSR count).